The number of halogens is 1. The van der Waals surface area contributed by atoms with E-state index < -0.39 is 0 Å². The SMILES string of the molecule is CCCNC(=O)c1ccc([C@H]2SCC(=O)N2Cc2ccc(Cl)cc2)cc1. The highest BCUT2D eigenvalue weighted by molar-refractivity contribution is 8.00. The first-order valence-electron chi connectivity index (χ1n) is 8.62. The van der Waals surface area contributed by atoms with Crippen LogP contribution in [-0.2, 0) is 11.3 Å². The summed E-state index contributed by atoms with van der Waals surface area (Å²) < 4.78 is 0. The Labute approximate surface area is 162 Å². The van der Waals surface area contributed by atoms with Crippen molar-refractivity contribution in [3.63, 3.8) is 0 Å². The highest BCUT2D eigenvalue weighted by Crippen LogP contribution is 2.39. The molecule has 0 spiro atoms. The van der Waals surface area contributed by atoms with E-state index in [1.807, 2.05) is 60.4 Å². The van der Waals surface area contributed by atoms with Gasteiger partial charge in [-0.1, -0.05) is 42.8 Å². The molecule has 4 nitrogen and oxygen atoms in total. The van der Waals surface area contributed by atoms with Gasteiger partial charge in [0.25, 0.3) is 5.91 Å². The van der Waals surface area contributed by atoms with Gasteiger partial charge >= 0.3 is 0 Å². The third-order valence-corrected chi connectivity index (χ3v) is 5.74. The second-order valence-electron chi connectivity index (χ2n) is 6.19. The Bertz CT molecular complexity index is 777. The number of carbonyl (C=O) groups excluding carboxylic acids is 2. The predicted molar refractivity (Wildman–Crippen MR) is 106 cm³/mol. The van der Waals surface area contributed by atoms with E-state index in [1.165, 1.54) is 0 Å². The molecule has 1 aliphatic rings. The van der Waals surface area contributed by atoms with Crippen LogP contribution in [0.3, 0.4) is 0 Å². The summed E-state index contributed by atoms with van der Waals surface area (Å²) in [4.78, 5) is 26.2. The van der Waals surface area contributed by atoms with Crippen LogP contribution in [0.15, 0.2) is 48.5 Å². The van der Waals surface area contributed by atoms with E-state index >= 15 is 0 Å². The van der Waals surface area contributed by atoms with Gasteiger partial charge in [0.2, 0.25) is 5.91 Å². The van der Waals surface area contributed by atoms with Gasteiger partial charge in [-0.2, -0.15) is 0 Å². The summed E-state index contributed by atoms with van der Waals surface area (Å²) in [5, 5.41) is 3.52. The summed E-state index contributed by atoms with van der Waals surface area (Å²) >= 11 is 7.55. The first-order chi connectivity index (χ1) is 12.6. The summed E-state index contributed by atoms with van der Waals surface area (Å²) in [6, 6.07) is 15.1. The van der Waals surface area contributed by atoms with Gasteiger partial charge in [0, 0.05) is 23.7 Å². The summed E-state index contributed by atoms with van der Waals surface area (Å²) in [5.41, 5.74) is 2.72. The molecule has 1 N–H and O–H groups in total. The molecule has 0 unspecified atom stereocenters. The molecule has 136 valence electrons. The minimum absolute atomic E-state index is 0.0362. The van der Waals surface area contributed by atoms with Crippen molar-refractivity contribution in [2.75, 3.05) is 12.3 Å². The zero-order valence-electron chi connectivity index (χ0n) is 14.6. The Morgan fingerprint density at radius 3 is 2.54 bits per heavy atom. The number of thioether (sulfide) groups is 1. The molecule has 2 aromatic rings. The number of nitrogens with one attached hydrogen (secondary N) is 1. The smallest absolute Gasteiger partial charge is 0.251 e. The van der Waals surface area contributed by atoms with E-state index in [0.717, 1.165) is 17.5 Å². The van der Waals surface area contributed by atoms with Gasteiger partial charge in [0.15, 0.2) is 0 Å². The monoisotopic (exact) mass is 388 g/mol. The van der Waals surface area contributed by atoms with Crippen LogP contribution in [0.5, 0.6) is 0 Å². The number of amides is 2. The first-order valence-corrected chi connectivity index (χ1v) is 10.0. The van der Waals surface area contributed by atoms with Crippen LogP contribution in [-0.4, -0.2) is 29.0 Å². The highest BCUT2D eigenvalue weighted by Gasteiger charge is 2.32. The van der Waals surface area contributed by atoms with Crippen LogP contribution in [0.1, 0.15) is 40.2 Å². The first kappa shape index (κ1) is 18.8. The van der Waals surface area contributed by atoms with E-state index in [-0.39, 0.29) is 17.2 Å². The molecule has 1 aliphatic heterocycles. The van der Waals surface area contributed by atoms with Crippen molar-refractivity contribution in [3.8, 4) is 0 Å². The zero-order chi connectivity index (χ0) is 18.5. The lowest BCUT2D eigenvalue weighted by Crippen LogP contribution is -2.27. The fourth-order valence-corrected chi connectivity index (χ4v) is 4.14. The number of carbonyl (C=O) groups is 2. The Kier molecular flexibility index (Phi) is 6.22. The third-order valence-electron chi connectivity index (χ3n) is 4.23. The molecule has 3 rings (SSSR count). The molecule has 0 saturated carbocycles. The van der Waals surface area contributed by atoms with Crippen molar-refractivity contribution in [1.29, 1.82) is 0 Å². The number of hydrogen-bond donors (Lipinski definition) is 1. The minimum atomic E-state index is -0.0634. The number of rotatable bonds is 6. The average Bonchev–Trinajstić information content (AvgIpc) is 3.02. The molecule has 1 atom stereocenters. The van der Waals surface area contributed by atoms with Crippen LogP contribution in [0.4, 0.5) is 0 Å². The fourth-order valence-electron chi connectivity index (χ4n) is 2.83. The second-order valence-corrected chi connectivity index (χ2v) is 7.69. The standard InChI is InChI=1S/C20H21ClN2O2S/c1-2-11-22-19(25)15-5-7-16(8-6-15)20-23(18(24)13-26-20)12-14-3-9-17(21)10-4-14/h3-10,20H,2,11-13H2,1H3,(H,22,25)/t20-/m1/s1. The molecule has 1 fully saturated rings. The van der Waals surface area contributed by atoms with Crippen LogP contribution >= 0.6 is 23.4 Å². The molecule has 6 heteroatoms. The molecule has 0 bridgehead atoms. The van der Waals surface area contributed by atoms with Crippen LogP contribution in [0.2, 0.25) is 5.02 Å². The van der Waals surface area contributed by atoms with E-state index in [9.17, 15) is 9.59 Å². The number of benzene rings is 2. The van der Waals surface area contributed by atoms with Crippen molar-refractivity contribution >= 4 is 35.2 Å². The fraction of sp³-hybridized carbons (Fsp3) is 0.300. The van der Waals surface area contributed by atoms with E-state index in [2.05, 4.69) is 5.32 Å². The largest absolute Gasteiger partial charge is 0.352 e. The molecule has 2 amide bonds. The van der Waals surface area contributed by atoms with Gasteiger partial charge in [-0.25, -0.2) is 0 Å². The molecule has 2 aromatic carbocycles. The van der Waals surface area contributed by atoms with Crippen LogP contribution in [0, 0.1) is 0 Å². The van der Waals surface area contributed by atoms with E-state index in [4.69, 9.17) is 11.6 Å². The molecular weight excluding hydrogens is 368 g/mol. The van der Waals surface area contributed by atoms with Crippen LogP contribution in [0.25, 0.3) is 0 Å². The van der Waals surface area contributed by atoms with E-state index in [0.29, 0.717) is 29.4 Å². The average molecular weight is 389 g/mol. The Morgan fingerprint density at radius 2 is 1.88 bits per heavy atom. The van der Waals surface area contributed by atoms with Gasteiger partial charge in [-0.3, -0.25) is 9.59 Å². The third kappa shape index (κ3) is 4.40. The molecule has 0 radical (unpaired) electrons. The lowest BCUT2D eigenvalue weighted by molar-refractivity contribution is -0.128. The predicted octanol–water partition coefficient (Wildman–Crippen LogP) is 4.25. The zero-order valence-corrected chi connectivity index (χ0v) is 16.1. The van der Waals surface area contributed by atoms with E-state index in [1.54, 1.807) is 11.8 Å². The summed E-state index contributed by atoms with van der Waals surface area (Å²) in [7, 11) is 0. The maximum atomic E-state index is 12.3. The van der Waals surface area contributed by atoms with Crippen molar-refractivity contribution < 1.29 is 9.59 Å². The van der Waals surface area contributed by atoms with Crippen molar-refractivity contribution in [2.24, 2.45) is 0 Å². The Hall–Kier alpha value is -1.98. The maximum Gasteiger partial charge on any atom is 0.251 e. The van der Waals surface area contributed by atoms with Crippen molar-refractivity contribution in [3.05, 3.63) is 70.2 Å². The lowest BCUT2D eigenvalue weighted by atomic mass is 10.1. The summed E-state index contributed by atoms with van der Waals surface area (Å²) in [6.45, 7) is 3.24. The number of nitrogens with zero attached hydrogens (tertiary/aromatic N) is 1. The molecule has 1 saturated heterocycles. The molecule has 1 heterocycles. The van der Waals surface area contributed by atoms with Crippen molar-refractivity contribution in [1.82, 2.24) is 10.2 Å². The Morgan fingerprint density at radius 1 is 1.19 bits per heavy atom. The van der Waals surface area contributed by atoms with Crippen molar-refractivity contribution in [2.45, 2.75) is 25.3 Å². The Balaban J connectivity index is 1.73. The van der Waals surface area contributed by atoms with Gasteiger partial charge in [-0.15, -0.1) is 11.8 Å². The van der Waals surface area contributed by atoms with Crippen LogP contribution < -0.4 is 5.32 Å². The molecule has 0 aliphatic carbocycles. The van der Waals surface area contributed by atoms with Gasteiger partial charge in [0.05, 0.1) is 5.75 Å². The molecule has 0 aromatic heterocycles. The highest BCUT2D eigenvalue weighted by atomic mass is 35.5. The normalized spacial score (nSPS) is 16.8. The van der Waals surface area contributed by atoms with Gasteiger partial charge < -0.3 is 10.2 Å². The van der Waals surface area contributed by atoms with Gasteiger partial charge in [0.1, 0.15) is 5.37 Å². The summed E-state index contributed by atoms with van der Waals surface area (Å²) in [6.07, 6.45) is 0.907. The maximum absolute atomic E-state index is 12.3. The lowest BCUT2D eigenvalue weighted by Gasteiger charge is -2.24. The van der Waals surface area contributed by atoms with Gasteiger partial charge in [-0.05, 0) is 41.8 Å². The molecular formula is C20H21ClN2O2S. The second kappa shape index (κ2) is 8.60. The summed E-state index contributed by atoms with van der Waals surface area (Å²) in [5.74, 6) is 0.531. The number of hydrogen-bond acceptors (Lipinski definition) is 3. The quantitative estimate of drug-likeness (QED) is 0.804. The minimum Gasteiger partial charge on any atom is -0.352 e. The molecule has 26 heavy (non-hydrogen) atoms. The topological polar surface area (TPSA) is 49.4 Å².